The van der Waals surface area contributed by atoms with Gasteiger partial charge < -0.3 is 35.1 Å². The fourth-order valence-electron chi connectivity index (χ4n) is 7.10. The van der Waals surface area contributed by atoms with Gasteiger partial charge in [-0.2, -0.15) is 0 Å². The molecule has 3 saturated carbocycles. The van der Waals surface area contributed by atoms with Gasteiger partial charge in [0.05, 0.1) is 19.8 Å². The molecular formula is C35H57N7O8. The van der Waals surface area contributed by atoms with Crippen molar-refractivity contribution in [2.45, 2.75) is 123 Å². The molecule has 2 aromatic heterocycles. The maximum Gasteiger partial charge on any atom is 0.407 e. The number of aryl methyl sites for hydroxylation is 1. The largest absolute Gasteiger partial charge is 0.444 e. The molecule has 50 heavy (non-hydrogen) atoms. The second-order valence-electron chi connectivity index (χ2n) is 14.7. The number of aromatic nitrogens is 4. The first-order valence-electron chi connectivity index (χ1n) is 18.2. The molecule has 3 amide bonds. The highest BCUT2D eigenvalue weighted by atomic mass is 16.6. The molecule has 0 saturated heterocycles. The third kappa shape index (κ3) is 10.2. The molecule has 0 unspecified atom stereocenters. The van der Waals surface area contributed by atoms with E-state index >= 15 is 0 Å². The van der Waals surface area contributed by atoms with Crippen molar-refractivity contribution in [3.63, 3.8) is 0 Å². The van der Waals surface area contributed by atoms with Crippen molar-refractivity contribution in [3.8, 4) is 0 Å². The molecule has 4 N–H and O–H groups in total. The zero-order valence-corrected chi connectivity index (χ0v) is 30.5. The van der Waals surface area contributed by atoms with E-state index < -0.39 is 11.7 Å². The van der Waals surface area contributed by atoms with E-state index in [0.717, 1.165) is 57.2 Å². The van der Waals surface area contributed by atoms with Crippen LogP contribution in [0.5, 0.6) is 0 Å². The van der Waals surface area contributed by atoms with Gasteiger partial charge in [0.25, 0.3) is 5.56 Å². The van der Waals surface area contributed by atoms with Crippen LogP contribution in [0, 0.1) is 5.41 Å². The van der Waals surface area contributed by atoms with Crippen molar-refractivity contribution in [2.75, 3.05) is 46.1 Å². The second kappa shape index (κ2) is 17.5. The lowest BCUT2D eigenvalue weighted by molar-refractivity contribution is -0.126. The minimum absolute atomic E-state index is 0.0277. The molecule has 2 bridgehead atoms. The van der Waals surface area contributed by atoms with E-state index in [2.05, 4.69) is 20.9 Å². The first kappa shape index (κ1) is 39.1. The predicted octanol–water partition coefficient (Wildman–Crippen LogP) is 2.87. The van der Waals surface area contributed by atoms with Crippen molar-refractivity contribution in [1.82, 2.24) is 35.1 Å². The lowest BCUT2D eigenvalue weighted by Crippen LogP contribution is -2.45. The third-order valence-electron chi connectivity index (χ3n) is 9.83. The van der Waals surface area contributed by atoms with E-state index in [-0.39, 0.29) is 53.7 Å². The highest BCUT2D eigenvalue weighted by Gasteiger charge is 2.50. The van der Waals surface area contributed by atoms with Crippen LogP contribution in [-0.2, 0) is 42.3 Å². The zero-order valence-electron chi connectivity index (χ0n) is 30.5. The van der Waals surface area contributed by atoms with Crippen LogP contribution in [0.25, 0.3) is 11.2 Å². The van der Waals surface area contributed by atoms with E-state index in [4.69, 9.17) is 19.2 Å². The molecule has 0 radical (unpaired) electrons. The summed E-state index contributed by atoms with van der Waals surface area (Å²) in [5.74, 6) is 0.516. The van der Waals surface area contributed by atoms with Gasteiger partial charge in [0.2, 0.25) is 11.8 Å². The van der Waals surface area contributed by atoms with Gasteiger partial charge >= 0.3 is 11.8 Å². The van der Waals surface area contributed by atoms with Crippen LogP contribution < -0.4 is 27.2 Å². The van der Waals surface area contributed by atoms with Gasteiger partial charge in [-0.05, 0) is 84.0 Å². The molecule has 15 nitrogen and oxygen atoms in total. The number of aromatic amines is 1. The molecular weight excluding hydrogens is 646 g/mol. The number of rotatable bonds is 19. The SMILES string of the molecule is CCCn1c(=O)c2[nH]c(C34CCC(CCC(=O)NCCNC(=O)COCCOCCNC(=O)OC(C)(C)C)(CC3)CC4)nc2n(CCC)c1=O. The van der Waals surface area contributed by atoms with Gasteiger partial charge in [-0.1, -0.05) is 13.8 Å². The molecule has 3 aliphatic carbocycles. The predicted molar refractivity (Wildman–Crippen MR) is 188 cm³/mol. The lowest BCUT2D eigenvalue weighted by Gasteiger charge is -2.52. The Labute approximate surface area is 293 Å². The molecule has 3 aliphatic rings. The van der Waals surface area contributed by atoms with Crippen molar-refractivity contribution >= 4 is 29.1 Å². The fraction of sp³-hybridized carbons (Fsp3) is 0.771. The van der Waals surface area contributed by atoms with Crippen molar-refractivity contribution in [1.29, 1.82) is 0 Å². The second-order valence-corrected chi connectivity index (χ2v) is 14.7. The summed E-state index contributed by atoms with van der Waals surface area (Å²) in [7, 11) is 0. The van der Waals surface area contributed by atoms with Crippen molar-refractivity contribution in [2.24, 2.45) is 5.41 Å². The number of amides is 3. The summed E-state index contributed by atoms with van der Waals surface area (Å²) in [6, 6.07) is 0. The number of alkyl carbamates (subject to hydrolysis) is 1. The number of nitrogens with zero attached hydrogens (tertiary/aromatic N) is 3. The van der Waals surface area contributed by atoms with Crippen LogP contribution in [0.3, 0.4) is 0 Å². The minimum Gasteiger partial charge on any atom is -0.444 e. The number of hydrogen-bond donors (Lipinski definition) is 4. The maximum atomic E-state index is 13.3. The third-order valence-corrected chi connectivity index (χ3v) is 9.83. The normalized spacial score (nSPS) is 20.2. The van der Waals surface area contributed by atoms with Gasteiger partial charge in [-0.25, -0.2) is 14.6 Å². The zero-order chi connectivity index (χ0) is 36.4. The molecule has 0 aromatic carbocycles. The Hall–Kier alpha value is -3.72. The summed E-state index contributed by atoms with van der Waals surface area (Å²) in [6.07, 6.45) is 7.97. The van der Waals surface area contributed by atoms with Gasteiger partial charge in [0, 0.05) is 44.6 Å². The standard InChI is InChI=1S/C35H57N7O8/c1-6-19-41-28-27(29(45)42(20-7-2)32(41)47)39-30(40-28)35-13-10-34(11-14-35,12-15-35)9-8-25(43)36-16-17-37-26(44)24-49-23-22-48-21-18-38-31(46)50-33(3,4)5/h6-24H2,1-5H3,(H,36,43)(H,37,44)(H,38,46)(H,39,40). The number of nitrogens with one attached hydrogen (secondary N) is 4. The molecule has 3 fully saturated rings. The van der Waals surface area contributed by atoms with Crippen molar-refractivity contribution in [3.05, 3.63) is 26.7 Å². The Morgan fingerprint density at radius 3 is 2.08 bits per heavy atom. The monoisotopic (exact) mass is 703 g/mol. The molecule has 280 valence electrons. The van der Waals surface area contributed by atoms with Gasteiger partial charge in [-0.3, -0.25) is 23.5 Å². The number of H-pyrrole nitrogens is 1. The van der Waals surface area contributed by atoms with Crippen molar-refractivity contribution < 1.29 is 28.6 Å². The number of hydrogen-bond acceptors (Lipinski definition) is 9. The smallest absolute Gasteiger partial charge is 0.407 e. The van der Waals surface area contributed by atoms with Gasteiger partial charge in [-0.15, -0.1) is 0 Å². The quantitative estimate of drug-likeness (QED) is 0.160. The lowest BCUT2D eigenvalue weighted by atomic mass is 9.52. The number of carbonyl (C=O) groups is 3. The molecule has 2 heterocycles. The van der Waals surface area contributed by atoms with Crippen LogP contribution in [0.1, 0.15) is 105 Å². The summed E-state index contributed by atoms with van der Waals surface area (Å²) in [4.78, 5) is 70.9. The fourth-order valence-corrected chi connectivity index (χ4v) is 7.10. The molecule has 0 spiro atoms. The maximum absolute atomic E-state index is 13.3. The highest BCUT2D eigenvalue weighted by Crippen LogP contribution is 2.59. The topological polar surface area (TPSA) is 188 Å². The Bertz CT molecular complexity index is 1560. The van der Waals surface area contributed by atoms with Gasteiger partial charge in [0.15, 0.2) is 5.65 Å². The summed E-state index contributed by atoms with van der Waals surface area (Å²) in [6.45, 7) is 11.9. The van der Waals surface area contributed by atoms with Crippen LogP contribution >= 0.6 is 0 Å². The highest BCUT2D eigenvalue weighted by molar-refractivity contribution is 5.78. The van der Waals surface area contributed by atoms with E-state index in [1.807, 2.05) is 13.8 Å². The molecule has 2 aromatic rings. The number of carbonyl (C=O) groups excluding carboxylic acids is 3. The van der Waals surface area contributed by atoms with E-state index in [0.29, 0.717) is 63.3 Å². The summed E-state index contributed by atoms with van der Waals surface area (Å²) >= 11 is 0. The molecule has 0 atom stereocenters. The summed E-state index contributed by atoms with van der Waals surface area (Å²) < 4.78 is 18.8. The first-order valence-corrected chi connectivity index (χ1v) is 18.2. The van der Waals surface area contributed by atoms with E-state index in [1.54, 1.807) is 25.3 Å². The Morgan fingerprint density at radius 2 is 1.44 bits per heavy atom. The van der Waals surface area contributed by atoms with Crippen LogP contribution in [0.15, 0.2) is 9.59 Å². The Kier molecular flexibility index (Phi) is 13.7. The average molecular weight is 704 g/mol. The van der Waals surface area contributed by atoms with Crippen LogP contribution in [-0.4, -0.2) is 88.7 Å². The minimum atomic E-state index is -0.556. The summed E-state index contributed by atoms with van der Waals surface area (Å²) in [5, 5.41) is 8.24. The number of ether oxygens (including phenoxy) is 3. The van der Waals surface area contributed by atoms with Crippen LogP contribution in [0.4, 0.5) is 4.79 Å². The Morgan fingerprint density at radius 1 is 0.820 bits per heavy atom. The van der Waals surface area contributed by atoms with Gasteiger partial charge in [0.1, 0.15) is 23.5 Å². The molecule has 5 rings (SSSR count). The molecule has 0 aliphatic heterocycles. The number of fused-ring (bicyclic) bond motifs is 4. The number of imidazole rings is 1. The average Bonchev–Trinajstić information content (AvgIpc) is 3.54. The van der Waals surface area contributed by atoms with E-state index in [9.17, 15) is 24.0 Å². The Balaban J connectivity index is 1.12. The summed E-state index contributed by atoms with van der Waals surface area (Å²) in [5.41, 5.74) is -0.273. The molecule has 15 heteroatoms. The van der Waals surface area contributed by atoms with Crippen LogP contribution in [0.2, 0.25) is 0 Å². The van der Waals surface area contributed by atoms with E-state index in [1.165, 1.54) is 4.57 Å². The first-order chi connectivity index (χ1) is 23.8.